The summed E-state index contributed by atoms with van der Waals surface area (Å²) in [5.74, 6) is -1.73. The summed E-state index contributed by atoms with van der Waals surface area (Å²) in [7, 11) is 0. The number of hydrogen-bond acceptors (Lipinski definition) is 6. The van der Waals surface area contributed by atoms with Gasteiger partial charge < -0.3 is 9.47 Å². The molecule has 0 N–H and O–H groups in total. The maximum atomic E-state index is 13.0. The van der Waals surface area contributed by atoms with Gasteiger partial charge in [-0.15, -0.1) is 0 Å². The number of carbonyl (C=O) groups is 3. The van der Waals surface area contributed by atoms with Crippen LogP contribution in [0.3, 0.4) is 0 Å². The summed E-state index contributed by atoms with van der Waals surface area (Å²) < 4.78 is 11.0. The molecule has 148 valence electrons. The minimum atomic E-state index is -1.53. The molecule has 0 amide bonds. The second-order valence-corrected chi connectivity index (χ2v) is 8.30. The fourth-order valence-electron chi connectivity index (χ4n) is 3.64. The van der Waals surface area contributed by atoms with Crippen LogP contribution < -0.4 is 0 Å². The molecule has 0 bridgehead atoms. The number of ketones is 2. The first kappa shape index (κ1) is 19.3. The van der Waals surface area contributed by atoms with Gasteiger partial charge in [-0.05, 0) is 56.2 Å². The van der Waals surface area contributed by atoms with Gasteiger partial charge in [-0.3, -0.25) is 9.59 Å². The molecular formula is C22H18ClNO5. The zero-order valence-corrected chi connectivity index (χ0v) is 16.9. The number of rotatable bonds is 3. The third-order valence-corrected chi connectivity index (χ3v) is 5.39. The maximum absolute atomic E-state index is 13.0. The number of allylic oxidation sites excluding steroid dienone is 1. The van der Waals surface area contributed by atoms with Gasteiger partial charge >= 0.3 is 5.97 Å². The molecule has 1 atom stereocenters. The van der Waals surface area contributed by atoms with Crippen LogP contribution in [0.1, 0.15) is 32.8 Å². The number of esters is 1. The molecule has 1 aliphatic carbocycles. The fourth-order valence-corrected chi connectivity index (χ4v) is 3.75. The molecule has 4 rings (SSSR count). The molecule has 0 spiro atoms. The SMILES string of the molecule is CC1(C)CC2=CC3=C(C(=O)/C=C/c4ccc(Cl)nc4)C(=O)OC3(C)C(=O)C2=CO1. The van der Waals surface area contributed by atoms with E-state index in [-0.39, 0.29) is 11.4 Å². The number of Topliss-reactive ketones (excluding diaryl/α,β-unsaturated/α-hetero) is 1. The van der Waals surface area contributed by atoms with Crippen LogP contribution in [0.25, 0.3) is 6.08 Å². The fraction of sp³-hybridized carbons (Fsp3) is 0.273. The molecule has 0 aromatic carbocycles. The van der Waals surface area contributed by atoms with Crippen LogP contribution in [-0.4, -0.2) is 33.7 Å². The Kier molecular flexibility index (Phi) is 4.35. The molecule has 0 radical (unpaired) electrons. The molecule has 29 heavy (non-hydrogen) atoms. The van der Waals surface area contributed by atoms with E-state index in [4.69, 9.17) is 21.1 Å². The van der Waals surface area contributed by atoms with Crippen molar-refractivity contribution in [1.82, 2.24) is 4.98 Å². The largest absolute Gasteiger partial charge is 0.494 e. The predicted octanol–water partition coefficient (Wildman–Crippen LogP) is 3.52. The molecule has 3 heterocycles. The van der Waals surface area contributed by atoms with Crippen molar-refractivity contribution in [1.29, 1.82) is 0 Å². The van der Waals surface area contributed by atoms with Gasteiger partial charge in [0.25, 0.3) is 0 Å². The third kappa shape index (κ3) is 3.23. The number of halogens is 1. The minimum absolute atomic E-state index is 0.130. The number of pyridine rings is 1. The van der Waals surface area contributed by atoms with E-state index < -0.39 is 23.0 Å². The van der Waals surface area contributed by atoms with Crippen molar-refractivity contribution < 1.29 is 23.9 Å². The molecule has 1 aromatic rings. The molecule has 0 fully saturated rings. The van der Waals surface area contributed by atoms with Gasteiger partial charge in [-0.1, -0.05) is 17.7 Å². The number of fused-ring (bicyclic) bond motifs is 2. The Hall–Kier alpha value is -2.99. The molecule has 6 nitrogen and oxygen atoms in total. The molecule has 0 saturated heterocycles. The van der Waals surface area contributed by atoms with Crippen LogP contribution in [-0.2, 0) is 23.9 Å². The van der Waals surface area contributed by atoms with E-state index in [1.807, 2.05) is 13.8 Å². The standard InChI is InChI=1S/C22H18ClNO5/c1-21(2)9-13-8-15-18(16(25)6-4-12-5-7-17(23)24-10-12)20(27)29-22(15,3)19(26)14(13)11-28-21/h4-8,10-11H,9H2,1-3H3/b6-4+. The average molecular weight is 412 g/mol. The van der Waals surface area contributed by atoms with E-state index in [2.05, 4.69) is 4.98 Å². The summed E-state index contributed by atoms with van der Waals surface area (Å²) in [5.41, 5.74) is -0.0992. The Bertz CT molecular complexity index is 1070. The number of aromatic nitrogens is 1. The zero-order valence-electron chi connectivity index (χ0n) is 16.1. The number of carbonyl (C=O) groups excluding carboxylic acids is 3. The van der Waals surface area contributed by atoms with E-state index in [9.17, 15) is 14.4 Å². The molecular weight excluding hydrogens is 394 g/mol. The predicted molar refractivity (Wildman–Crippen MR) is 106 cm³/mol. The lowest BCUT2D eigenvalue weighted by Crippen LogP contribution is -2.43. The number of ether oxygens (including phenoxy) is 2. The Morgan fingerprint density at radius 3 is 2.69 bits per heavy atom. The third-order valence-electron chi connectivity index (χ3n) is 5.16. The highest BCUT2D eigenvalue weighted by molar-refractivity contribution is 6.29. The first-order valence-electron chi connectivity index (χ1n) is 9.06. The summed E-state index contributed by atoms with van der Waals surface area (Å²) in [6.45, 7) is 5.31. The van der Waals surface area contributed by atoms with Crippen LogP contribution in [0.5, 0.6) is 0 Å². The topological polar surface area (TPSA) is 82.6 Å². The first-order chi connectivity index (χ1) is 13.6. The highest BCUT2D eigenvalue weighted by Gasteiger charge is 2.54. The van der Waals surface area contributed by atoms with Crippen molar-refractivity contribution in [2.75, 3.05) is 0 Å². The second kappa shape index (κ2) is 6.52. The van der Waals surface area contributed by atoms with E-state index in [0.29, 0.717) is 28.3 Å². The van der Waals surface area contributed by atoms with Gasteiger partial charge in [-0.2, -0.15) is 0 Å². The average Bonchev–Trinajstić information content (AvgIpc) is 2.91. The Balaban J connectivity index is 1.76. The summed E-state index contributed by atoms with van der Waals surface area (Å²) in [6.07, 6.45) is 7.92. The van der Waals surface area contributed by atoms with Crippen LogP contribution in [0.4, 0.5) is 0 Å². The quantitative estimate of drug-likeness (QED) is 0.327. The van der Waals surface area contributed by atoms with Crippen molar-refractivity contribution in [3.8, 4) is 0 Å². The van der Waals surface area contributed by atoms with E-state index in [0.717, 1.165) is 5.57 Å². The van der Waals surface area contributed by atoms with E-state index >= 15 is 0 Å². The van der Waals surface area contributed by atoms with Gasteiger partial charge in [-0.25, -0.2) is 9.78 Å². The lowest BCUT2D eigenvalue weighted by molar-refractivity contribution is -0.153. The second-order valence-electron chi connectivity index (χ2n) is 7.91. The first-order valence-corrected chi connectivity index (χ1v) is 9.44. The number of hydrogen-bond donors (Lipinski definition) is 0. The number of nitrogens with zero attached hydrogens (tertiary/aromatic N) is 1. The van der Waals surface area contributed by atoms with Gasteiger partial charge in [0.1, 0.15) is 16.3 Å². The Labute approximate surface area is 172 Å². The summed E-state index contributed by atoms with van der Waals surface area (Å²) >= 11 is 5.76. The Morgan fingerprint density at radius 2 is 2.00 bits per heavy atom. The smallest absolute Gasteiger partial charge is 0.343 e. The van der Waals surface area contributed by atoms with Gasteiger partial charge in [0.2, 0.25) is 5.78 Å². The van der Waals surface area contributed by atoms with E-state index in [1.165, 1.54) is 31.5 Å². The highest BCUT2D eigenvalue weighted by atomic mass is 35.5. The van der Waals surface area contributed by atoms with Crippen LogP contribution in [0.2, 0.25) is 5.15 Å². The zero-order chi connectivity index (χ0) is 21.0. The van der Waals surface area contributed by atoms with Gasteiger partial charge in [0, 0.05) is 18.2 Å². The normalized spacial score (nSPS) is 25.1. The van der Waals surface area contributed by atoms with Crippen molar-refractivity contribution in [3.05, 3.63) is 69.8 Å². The van der Waals surface area contributed by atoms with Crippen molar-refractivity contribution in [2.45, 2.75) is 38.4 Å². The molecule has 1 unspecified atom stereocenters. The monoisotopic (exact) mass is 411 g/mol. The van der Waals surface area contributed by atoms with Gasteiger partial charge in [0.05, 0.1) is 11.8 Å². The molecule has 3 aliphatic rings. The van der Waals surface area contributed by atoms with Crippen LogP contribution >= 0.6 is 11.6 Å². The minimum Gasteiger partial charge on any atom is -0.494 e. The van der Waals surface area contributed by atoms with E-state index in [1.54, 1.807) is 18.2 Å². The lowest BCUT2D eigenvalue weighted by atomic mass is 9.74. The molecule has 2 aliphatic heterocycles. The van der Waals surface area contributed by atoms with Crippen LogP contribution in [0.15, 0.2) is 59.0 Å². The summed E-state index contributed by atoms with van der Waals surface area (Å²) in [4.78, 5) is 42.3. The van der Waals surface area contributed by atoms with Gasteiger partial charge in [0.15, 0.2) is 11.4 Å². The van der Waals surface area contributed by atoms with Crippen molar-refractivity contribution in [2.24, 2.45) is 0 Å². The lowest BCUT2D eigenvalue weighted by Gasteiger charge is -2.37. The van der Waals surface area contributed by atoms with Crippen molar-refractivity contribution >= 4 is 35.2 Å². The molecule has 1 aromatic heterocycles. The maximum Gasteiger partial charge on any atom is 0.343 e. The van der Waals surface area contributed by atoms with Crippen molar-refractivity contribution in [3.63, 3.8) is 0 Å². The molecule has 7 heteroatoms. The molecule has 0 saturated carbocycles. The highest BCUT2D eigenvalue weighted by Crippen LogP contribution is 2.46. The summed E-state index contributed by atoms with van der Waals surface area (Å²) in [6, 6.07) is 3.29. The van der Waals surface area contributed by atoms with Crippen LogP contribution in [0, 0.1) is 0 Å². The summed E-state index contributed by atoms with van der Waals surface area (Å²) in [5, 5.41) is 0.337. The Morgan fingerprint density at radius 1 is 1.24 bits per heavy atom.